The van der Waals surface area contributed by atoms with E-state index in [4.69, 9.17) is 4.74 Å². The Balaban J connectivity index is 3.75. The Morgan fingerprint density at radius 2 is 1.04 bits per heavy atom. The van der Waals surface area contributed by atoms with Crippen LogP contribution in [0, 0.1) is 0 Å². The van der Waals surface area contributed by atoms with Gasteiger partial charge in [0.25, 0.3) is 0 Å². The van der Waals surface area contributed by atoms with E-state index in [2.05, 4.69) is 18.7 Å². The minimum atomic E-state index is -0.0964. The third kappa shape index (κ3) is 16.3. The van der Waals surface area contributed by atoms with Crippen LogP contribution in [0.25, 0.3) is 0 Å². The van der Waals surface area contributed by atoms with Gasteiger partial charge in [0.2, 0.25) is 0 Å². The molecule has 0 aromatic heterocycles. The number of nitrogens with zero attached hydrogens (tertiary/aromatic N) is 1. The van der Waals surface area contributed by atoms with Crippen LogP contribution in [0.2, 0.25) is 0 Å². The second-order valence-electron chi connectivity index (χ2n) is 7.09. The van der Waals surface area contributed by atoms with Gasteiger partial charge in [-0.15, -0.1) is 0 Å². The minimum absolute atomic E-state index is 0.0964. The number of esters is 1. The highest BCUT2D eigenvalue weighted by Gasteiger charge is 2.10. The molecule has 0 amide bonds. The van der Waals surface area contributed by atoms with E-state index >= 15 is 0 Å². The number of hydrogen-bond donors (Lipinski definition) is 0. The highest BCUT2D eigenvalue weighted by atomic mass is 16.5. The fourth-order valence-corrected chi connectivity index (χ4v) is 3.10. The highest BCUT2D eigenvalue weighted by Crippen LogP contribution is 2.10. The maximum absolute atomic E-state index is 11.6. The number of hydrogen-bond acceptors (Lipinski definition) is 3. The molecular weight excluding hydrogens is 298 g/mol. The normalized spacial score (nSPS) is 11.2. The molecule has 3 heteroatoms. The van der Waals surface area contributed by atoms with E-state index in [1.165, 1.54) is 97.0 Å². The van der Waals surface area contributed by atoms with Crippen LogP contribution >= 0.6 is 0 Å². The number of rotatable bonds is 18. The number of carbonyl (C=O) groups excluding carboxylic acids is 1. The quantitative estimate of drug-likeness (QED) is 0.227. The standard InChI is InChI=1S/C21H43NO2/c1-4-6-8-10-12-14-16-18-22(20-21(23)24-3)19-17-15-13-11-9-7-5-2/h4-20H2,1-3H3. The zero-order valence-corrected chi connectivity index (χ0v) is 16.8. The summed E-state index contributed by atoms with van der Waals surface area (Å²) in [5.41, 5.74) is 0. The monoisotopic (exact) mass is 341 g/mol. The average Bonchev–Trinajstić information content (AvgIpc) is 2.59. The Morgan fingerprint density at radius 3 is 1.42 bits per heavy atom. The zero-order chi connectivity index (χ0) is 17.9. The molecule has 0 bridgehead atoms. The van der Waals surface area contributed by atoms with E-state index in [0.29, 0.717) is 6.54 Å². The van der Waals surface area contributed by atoms with Crippen LogP contribution in [0.15, 0.2) is 0 Å². The van der Waals surface area contributed by atoms with Gasteiger partial charge in [-0.25, -0.2) is 0 Å². The van der Waals surface area contributed by atoms with Crippen molar-refractivity contribution >= 4 is 5.97 Å². The topological polar surface area (TPSA) is 29.5 Å². The van der Waals surface area contributed by atoms with Crippen LogP contribution in [-0.2, 0) is 9.53 Å². The molecule has 0 rings (SSSR count). The lowest BCUT2D eigenvalue weighted by Crippen LogP contribution is -2.32. The lowest BCUT2D eigenvalue weighted by atomic mass is 10.1. The molecule has 0 aliphatic rings. The van der Waals surface area contributed by atoms with Gasteiger partial charge in [-0.2, -0.15) is 0 Å². The molecular formula is C21H43NO2. The summed E-state index contributed by atoms with van der Waals surface area (Å²) in [6.45, 7) is 7.06. The molecule has 0 fully saturated rings. The van der Waals surface area contributed by atoms with Gasteiger partial charge in [-0.1, -0.05) is 90.9 Å². The van der Waals surface area contributed by atoms with E-state index in [0.717, 1.165) is 13.1 Å². The first kappa shape index (κ1) is 23.4. The van der Waals surface area contributed by atoms with Crippen LogP contribution in [0.1, 0.15) is 104 Å². The van der Waals surface area contributed by atoms with Gasteiger partial charge in [0.1, 0.15) is 0 Å². The molecule has 0 saturated heterocycles. The van der Waals surface area contributed by atoms with Gasteiger partial charge in [-0.05, 0) is 25.9 Å². The fraction of sp³-hybridized carbons (Fsp3) is 0.952. The molecule has 0 N–H and O–H groups in total. The highest BCUT2D eigenvalue weighted by molar-refractivity contribution is 5.71. The smallest absolute Gasteiger partial charge is 0.319 e. The number of ether oxygens (including phenoxy) is 1. The predicted molar refractivity (Wildman–Crippen MR) is 104 cm³/mol. The SMILES string of the molecule is CCCCCCCCCN(CCCCCCCCC)CC(=O)OC. The van der Waals surface area contributed by atoms with Crippen molar-refractivity contribution in [1.29, 1.82) is 0 Å². The Bertz CT molecular complexity index is 251. The van der Waals surface area contributed by atoms with E-state index in [1.54, 1.807) is 0 Å². The maximum atomic E-state index is 11.6. The van der Waals surface area contributed by atoms with Gasteiger partial charge >= 0.3 is 5.97 Å². The van der Waals surface area contributed by atoms with Crippen molar-refractivity contribution in [2.45, 2.75) is 104 Å². The van der Waals surface area contributed by atoms with Crippen molar-refractivity contribution in [1.82, 2.24) is 4.90 Å². The number of carbonyl (C=O) groups is 1. The first-order valence-electron chi connectivity index (χ1n) is 10.5. The van der Waals surface area contributed by atoms with Crippen LogP contribution in [-0.4, -0.2) is 37.6 Å². The molecule has 3 nitrogen and oxygen atoms in total. The Hall–Kier alpha value is -0.570. The first-order valence-corrected chi connectivity index (χ1v) is 10.5. The van der Waals surface area contributed by atoms with Crippen molar-refractivity contribution in [2.75, 3.05) is 26.7 Å². The molecule has 0 heterocycles. The molecule has 0 atom stereocenters. The second-order valence-corrected chi connectivity index (χ2v) is 7.09. The summed E-state index contributed by atoms with van der Waals surface area (Å²) >= 11 is 0. The Kier molecular flexibility index (Phi) is 18.3. The molecule has 0 saturated carbocycles. The molecule has 24 heavy (non-hydrogen) atoms. The van der Waals surface area contributed by atoms with Crippen molar-refractivity contribution < 1.29 is 9.53 Å². The van der Waals surface area contributed by atoms with Crippen molar-refractivity contribution in [3.63, 3.8) is 0 Å². The van der Waals surface area contributed by atoms with Crippen LogP contribution in [0.4, 0.5) is 0 Å². The van der Waals surface area contributed by atoms with Crippen molar-refractivity contribution in [2.24, 2.45) is 0 Å². The third-order valence-corrected chi connectivity index (χ3v) is 4.74. The minimum Gasteiger partial charge on any atom is -0.468 e. The fourth-order valence-electron chi connectivity index (χ4n) is 3.10. The maximum Gasteiger partial charge on any atom is 0.319 e. The van der Waals surface area contributed by atoms with Crippen LogP contribution < -0.4 is 0 Å². The van der Waals surface area contributed by atoms with Crippen molar-refractivity contribution in [3.05, 3.63) is 0 Å². The summed E-state index contributed by atoms with van der Waals surface area (Å²) < 4.78 is 4.84. The van der Waals surface area contributed by atoms with Crippen LogP contribution in [0.5, 0.6) is 0 Å². The summed E-state index contributed by atoms with van der Waals surface area (Å²) in [6, 6.07) is 0. The Morgan fingerprint density at radius 1 is 0.667 bits per heavy atom. The zero-order valence-electron chi connectivity index (χ0n) is 16.8. The largest absolute Gasteiger partial charge is 0.468 e. The van der Waals surface area contributed by atoms with Crippen LogP contribution in [0.3, 0.4) is 0 Å². The van der Waals surface area contributed by atoms with Gasteiger partial charge in [0.15, 0.2) is 0 Å². The predicted octanol–water partition coefficient (Wildman–Crippen LogP) is 5.96. The number of unbranched alkanes of at least 4 members (excludes halogenated alkanes) is 12. The van der Waals surface area contributed by atoms with E-state index < -0.39 is 0 Å². The lowest BCUT2D eigenvalue weighted by Gasteiger charge is -2.21. The molecule has 0 aliphatic carbocycles. The van der Waals surface area contributed by atoms with E-state index in [9.17, 15) is 4.79 Å². The number of methoxy groups -OCH3 is 1. The molecule has 0 aromatic rings. The van der Waals surface area contributed by atoms with Crippen molar-refractivity contribution in [3.8, 4) is 0 Å². The third-order valence-electron chi connectivity index (χ3n) is 4.74. The first-order chi connectivity index (χ1) is 11.7. The summed E-state index contributed by atoms with van der Waals surface area (Å²) in [4.78, 5) is 13.9. The second kappa shape index (κ2) is 18.8. The van der Waals surface area contributed by atoms with Gasteiger partial charge in [-0.3, -0.25) is 9.69 Å². The molecule has 0 spiro atoms. The van der Waals surface area contributed by atoms with E-state index in [1.807, 2.05) is 0 Å². The molecule has 144 valence electrons. The summed E-state index contributed by atoms with van der Waals surface area (Å²) in [5.74, 6) is -0.0964. The van der Waals surface area contributed by atoms with Gasteiger partial charge in [0, 0.05) is 0 Å². The van der Waals surface area contributed by atoms with Gasteiger partial charge < -0.3 is 4.74 Å². The summed E-state index contributed by atoms with van der Waals surface area (Å²) in [7, 11) is 1.49. The lowest BCUT2D eigenvalue weighted by molar-refractivity contribution is -0.141. The average molecular weight is 342 g/mol. The Labute approximate surface area is 151 Å². The molecule has 0 aromatic carbocycles. The summed E-state index contributed by atoms with van der Waals surface area (Å²) in [5, 5.41) is 0. The molecule has 0 aliphatic heterocycles. The molecule has 0 unspecified atom stereocenters. The van der Waals surface area contributed by atoms with E-state index in [-0.39, 0.29) is 5.97 Å². The summed E-state index contributed by atoms with van der Waals surface area (Å²) in [6.07, 6.45) is 18.5. The van der Waals surface area contributed by atoms with Gasteiger partial charge in [0.05, 0.1) is 13.7 Å². The molecule has 0 radical (unpaired) electrons.